The van der Waals surface area contributed by atoms with Crippen LogP contribution in [0, 0.1) is 5.41 Å². The SMILES string of the molecule is N=C(N)C1Cc2c(ccc3ccccc23)N1. The Morgan fingerprint density at radius 1 is 1.25 bits per heavy atom. The number of hydrogen-bond acceptors (Lipinski definition) is 2. The molecule has 3 heteroatoms. The Morgan fingerprint density at radius 2 is 2.06 bits per heavy atom. The van der Waals surface area contributed by atoms with Gasteiger partial charge in [0, 0.05) is 12.1 Å². The van der Waals surface area contributed by atoms with Crippen LogP contribution in [0.4, 0.5) is 5.69 Å². The van der Waals surface area contributed by atoms with Gasteiger partial charge in [0.2, 0.25) is 0 Å². The molecule has 1 heterocycles. The van der Waals surface area contributed by atoms with E-state index in [0.717, 1.165) is 12.1 Å². The molecule has 2 aromatic rings. The van der Waals surface area contributed by atoms with E-state index in [-0.39, 0.29) is 11.9 Å². The molecule has 0 radical (unpaired) electrons. The summed E-state index contributed by atoms with van der Waals surface area (Å²) in [7, 11) is 0. The summed E-state index contributed by atoms with van der Waals surface area (Å²) >= 11 is 0. The fraction of sp³-hybridized carbons (Fsp3) is 0.154. The van der Waals surface area contributed by atoms with Crippen LogP contribution >= 0.6 is 0 Å². The molecule has 3 nitrogen and oxygen atoms in total. The van der Waals surface area contributed by atoms with Gasteiger partial charge in [-0.2, -0.15) is 0 Å². The van der Waals surface area contributed by atoms with E-state index in [1.165, 1.54) is 16.3 Å². The van der Waals surface area contributed by atoms with E-state index < -0.39 is 0 Å². The van der Waals surface area contributed by atoms with Crippen LogP contribution in [0.15, 0.2) is 36.4 Å². The number of amidine groups is 1. The van der Waals surface area contributed by atoms with Crippen molar-refractivity contribution in [3.63, 3.8) is 0 Å². The summed E-state index contributed by atoms with van der Waals surface area (Å²) in [5.74, 6) is 0.209. The van der Waals surface area contributed by atoms with Crippen LogP contribution in [-0.4, -0.2) is 11.9 Å². The largest absolute Gasteiger partial charge is 0.386 e. The van der Waals surface area contributed by atoms with E-state index in [9.17, 15) is 0 Å². The standard InChI is InChI=1S/C13H13N3/c14-13(15)12-7-10-9-4-2-1-3-8(9)5-6-11(10)16-12/h1-6,12,16H,7H2,(H3,14,15). The molecule has 16 heavy (non-hydrogen) atoms. The van der Waals surface area contributed by atoms with Gasteiger partial charge in [-0.1, -0.05) is 30.3 Å². The number of rotatable bonds is 1. The highest BCUT2D eigenvalue weighted by Crippen LogP contribution is 2.32. The first-order valence-electron chi connectivity index (χ1n) is 5.37. The summed E-state index contributed by atoms with van der Waals surface area (Å²) in [6.45, 7) is 0. The number of nitrogens with two attached hydrogens (primary N) is 1. The number of benzene rings is 2. The van der Waals surface area contributed by atoms with Crippen molar-refractivity contribution in [1.82, 2.24) is 0 Å². The van der Waals surface area contributed by atoms with Gasteiger partial charge in [-0.05, 0) is 22.4 Å². The van der Waals surface area contributed by atoms with Crippen molar-refractivity contribution in [2.24, 2.45) is 5.73 Å². The summed E-state index contributed by atoms with van der Waals surface area (Å²) in [5, 5.41) is 13.3. The van der Waals surface area contributed by atoms with Crippen LogP contribution in [-0.2, 0) is 6.42 Å². The van der Waals surface area contributed by atoms with Crippen LogP contribution in [0.25, 0.3) is 10.8 Å². The van der Waals surface area contributed by atoms with Crippen LogP contribution < -0.4 is 11.1 Å². The van der Waals surface area contributed by atoms with Crippen molar-refractivity contribution in [3.05, 3.63) is 42.0 Å². The van der Waals surface area contributed by atoms with Gasteiger partial charge in [0.1, 0.15) is 5.84 Å². The molecule has 0 amide bonds. The van der Waals surface area contributed by atoms with E-state index in [1.807, 2.05) is 12.1 Å². The molecule has 0 fully saturated rings. The minimum Gasteiger partial charge on any atom is -0.386 e. The van der Waals surface area contributed by atoms with E-state index in [0.29, 0.717) is 0 Å². The van der Waals surface area contributed by atoms with Crippen molar-refractivity contribution >= 4 is 22.3 Å². The summed E-state index contributed by atoms with van der Waals surface area (Å²) in [5.41, 5.74) is 7.93. The lowest BCUT2D eigenvalue weighted by molar-refractivity contribution is 0.952. The molecule has 0 saturated carbocycles. The molecule has 4 N–H and O–H groups in total. The van der Waals surface area contributed by atoms with E-state index in [4.69, 9.17) is 11.1 Å². The monoisotopic (exact) mass is 211 g/mol. The zero-order valence-electron chi connectivity index (χ0n) is 8.83. The summed E-state index contributed by atoms with van der Waals surface area (Å²) in [6.07, 6.45) is 0.812. The molecule has 0 aliphatic carbocycles. The third-order valence-electron chi connectivity index (χ3n) is 3.15. The Balaban J connectivity index is 2.17. The van der Waals surface area contributed by atoms with Crippen LogP contribution in [0.1, 0.15) is 5.56 Å². The smallest absolute Gasteiger partial charge is 0.114 e. The molecule has 1 unspecified atom stereocenters. The van der Waals surface area contributed by atoms with Crippen molar-refractivity contribution in [2.75, 3.05) is 5.32 Å². The quantitative estimate of drug-likeness (QED) is 0.499. The average Bonchev–Trinajstić information content (AvgIpc) is 2.73. The first-order valence-corrected chi connectivity index (χ1v) is 5.37. The Labute approximate surface area is 93.8 Å². The van der Waals surface area contributed by atoms with Crippen molar-refractivity contribution in [3.8, 4) is 0 Å². The Morgan fingerprint density at radius 3 is 2.88 bits per heavy atom. The molecule has 2 aromatic carbocycles. The molecule has 1 atom stereocenters. The first kappa shape index (κ1) is 9.21. The van der Waals surface area contributed by atoms with Gasteiger partial charge < -0.3 is 11.1 Å². The van der Waals surface area contributed by atoms with Gasteiger partial charge >= 0.3 is 0 Å². The summed E-state index contributed by atoms with van der Waals surface area (Å²) < 4.78 is 0. The van der Waals surface area contributed by atoms with Gasteiger partial charge in [-0.3, -0.25) is 5.41 Å². The summed E-state index contributed by atoms with van der Waals surface area (Å²) in [6, 6.07) is 12.4. The normalized spacial score (nSPS) is 18.1. The minimum absolute atomic E-state index is 0.0409. The van der Waals surface area contributed by atoms with Crippen molar-refractivity contribution < 1.29 is 0 Å². The van der Waals surface area contributed by atoms with Gasteiger partial charge in [0.05, 0.1) is 6.04 Å². The maximum atomic E-state index is 7.49. The first-order chi connectivity index (χ1) is 7.75. The third kappa shape index (κ3) is 1.25. The van der Waals surface area contributed by atoms with Gasteiger partial charge in [-0.25, -0.2) is 0 Å². The van der Waals surface area contributed by atoms with Gasteiger partial charge in [-0.15, -0.1) is 0 Å². The lowest BCUT2D eigenvalue weighted by Gasteiger charge is -2.07. The van der Waals surface area contributed by atoms with Crippen LogP contribution in [0.2, 0.25) is 0 Å². The lowest BCUT2D eigenvalue weighted by Crippen LogP contribution is -2.32. The highest BCUT2D eigenvalue weighted by Gasteiger charge is 2.23. The zero-order valence-corrected chi connectivity index (χ0v) is 8.83. The van der Waals surface area contributed by atoms with E-state index >= 15 is 0 Å². The molecular formula is C13H13N3. The van der Waals surface area contributed by atoms with Crippen molar-refractivity contribution in [1.29, 1.82) is 5.41 Å². The highest BCUT2D eigenvalue weighted by molar-refractivity contribution is 5.95. The maximum Gasteiger partial charge on any atom is 0.114 e. The average molecular weight is 211 g/mol. The highest BCUT2D eigenvalue weighted by atomic mass is 15.0. The number of hydrogen-bond donors (Lipinski definition) is 3. The second-order valence-electron chi connectivity index (χ2n) is 4.17. The van der Waals surface area contributed by atoms with Crippen LogP contribution in [0.5, 0.6) is 0 Å². The Kier molecular flexibility index (Phi) is 1.86. The molecule has 0 saturated heterocycles. The molecule has 80 valence electrons. The molecule has 3 rings (SSSR count). The Hall–Kier alpha value is -2.03. The predicted molar refractivity (Wildman–Crippen MR) is 67.0 cm³/mol. The predicted octanol–water partition coefficient (Wildman–Crippen LogP) is 2.11. The third-order valence-corrected chi connectivity index (χ3v) is 3.15. The van der Waals surface area contributed by atoms with E-state index in [2.05, 4.69) is 29.6 Å². The molecule has 0 bridgehead atoms. The minimum atomic E-state index is -0.0409. The molecule has 1 aliphatic heterocycles. The topological polar surface area (TPSA) is 61.9 Å². The van der Waals surface area contributed by atoms with Crippen LogP contribution in [0.3, 0.4) is 0 Å². The number of anilines is 1. The van der Waals surface area contributed by atoms with Gasteiger partial charge in [0.25, 0.3) is 0 Å². The molecule has 0 aromatic heterocycles. The molecule has 0 spiro atoms. The fourth-order valence-electron chi connectivity index (χ4n) is 2.32. The number of fused-ring (bicyclic) bond motifs is 3. The zero-order chi connectivity index (χ0) is 11.1. The number of nitrogens with one attached hydrogen (secondary N) is 2. The second-order valence-corrected chi connectivity index (χ2v) is 4.17. The van der Waals surface area contributed by atoms with Crippen molar-refractivity contribution in [2.45, 2.75) is 12.5 Å². The molecule has 1 aliphatic rings. The lowest BCUT2D eigenvalue weighted by atomic mass is 10.0. The second kappa shape index (κ2) is 3.23. The molecular weight excluding hydrogens is 198 g/mol. The fourth-order valence-corrected chi connectivity index (χ4v) is 2.32. The van der Waals surface area contributed by atoms with Gasteiger partial charge in [0.15, 0.2) is 0 Å². The van der Waals surface area contributed by atoms with E-state index in [1.54, 1.807) is 0 Å². The maximum absolute atomic E-state index is 7.49. The Bertz CT molecular complexity index is 574. The summed E-state index contributed by atoms with van der Waals surface area (Å²) in [4.78, 5) is 0.